The van der Waals surface area contributed by atoms with Gasteiger partial charge in [-0.15, -0.1) is 22.9 Å². The van der Waals surface area contributed by atoms with Gasteiger partial charge in [-0.05, 0) is 50.3 Å². The molecule has 1 aliphatic carbocycles. The summed E-state index contributed by atoms with van der Waals surface area (Å²) in [6, 6.07) is 3.67. The zero-order valence-electron chi connectivity index (χ0n) is 11.8. The highest BCUT2D eigenvalue weighted by Gasteiger charge is 2.21. The molecule has 1 heterocycles. The molecule has 2 atom stereocenters. The van der Waals surface area contributed by atoms with Crippen LogP contribution in [0.3, 0.4) is 0 Å². The lowest BCUT2D eigenvalue weighted by Crippen LogP contribution is -1.99. The Morgan fingerprint density at radius 1 is 1.55 bits per heavy atom. The third kappa shape index (κ3) is 5.65. The molecule has 2 unspecified atom stereocenters. The van der Waals surface area contributed by atoms with Crippen LogP contribution in [0.1, 0.15) is 40.7 Å². The van der Waals surface area contributed by atoms with E-state index in [4.69, 9.17) is 16.7 Å². The second kappa shape index (κ2) is 9.16. The number of carbonyl (C=O) groups excluding carboxylic acids is 1. The van der Waals surface area contributed by atoms with Gasteiger partial charge in [0.1, 0.15) is 4.88 Å². The van der Waals surface area contributed by atoms with Gasteiger partial charge in [-0.1, -0.05) is 6.08 Å². The van der Waals surface area contributed by atoms with E-state index in [1.54, 1.807) is 6.07 Å². The van der Waals surface area contributed by atoms with Crippen LogP contribution in [-0.4, -0.2) is 30.2 Å². The van der Waals surface area contributed by atoms with E-state index in [1.807, 2.05) is 25.1 Å². The number of thiophene rings is 1. The van der Waals surface area contributed by atoms with Crippen molar-refractivity contribution < 1.29 is 14.6 Å². The Kier molecular flexibility index (Phi) is 7.88. The SMILES string of the molecule is C/C=C/c1ccc(C(=O)OC)s1.OCC1CCC(Cl)C1. The van der Waals surface area contributed by atoms with E-state index >= 15 is 0 Å². The maximum atomic E-state index is 11.0. The number of hydrogen-bond donors (Lipinski definition) is 1. The molecule has 5 heteroatoms. The largest absolute Gasteiger partial charge is 0.465 e. The van der Waals surface area contributed by atoms with Crippen molar-refractivity contribution in [3.63, 3.8) is 0 Å². The molecule has 0 aromatic carbocycles. The molecule has 0 aliphatic heterocycles. The third-order valence-electron chi connectivity index (χ3n) is 3.08. The Morgan fingerprint density at radius 3 is 2.75 bits per heavy atom. The minimum atomic E-state index is -0.268. The average molecular weight is 317 g/mol. The number of carbonyl (C=O) groups is 1. The summed E-state index contributed by atoms with van der Waals surface area (Å²) in [7, 11) is 1.39. The van der Waals surface area contributed by atoms with Gasteiger partial charge in [-0.2, -0.15) is 0 Å². The minimum Gasteiger partial charge on any atom is -0.465 e. The molecule has 1 N–H and O–H groups in total. The molecule has 1 aromatic rings. The molecule has 0 saturated heterocycles. The van der Waals surface area contributed by atoms with Crippen LogP contribution >= 0.6 is 22.9 Å². The topological polar surface area (TPSA) is 46.5 Å². The number of allylic oxidation sites excluding steroid dienone is 1. The van der Waals surface area contributed by atoms with Crippen LogP contribution in [-0.2, 0) is 4.74 Å². The van der Waals surface area contributed by atoms with Gasteiger partial charge in [0.05, 0.1) is 7.11 Å². The van der Waals surface area contributed by atoms with Gasteiger partial charge >= 0.3 is 5.97 Å². The second-order valence-corrected chi connectivity index (χ2v) is 6.39. The van der Waals surface area contributed by atoms with E-state index in [2.05, 4.69) is 4.74 Å². The number of halogens is 1. The van der Waals surface area contributed by atoms with Crippen LogP contribution in [0.4, 0.5) is 0 Å². The van der Waals surface area contributed by atoms with E-state index in [-0.39, 0.29) is 5.97 Å². The van der Waals surface area contributed by atoms with Crippen molar-refractivity contribution in [1.29, 1.82) is 0 Å². The quantitative estimate of drug-likeness (QED) is 0.678. The normalized spacial score (nSPS) is 21.6. The van der Waals surface area contributed by atoms with Gasteiger partial charge in [0.15, 0.2) is 0 Å². The van der Waals surface area contributed by atoms with Crippen LogP contribution in [0.15, 0.2) is 18.2 Å². The fourth-order valence-electron chi connectivity index (χ4n) is 2.00. The number of rotatable bonds is 3. The maximum absolute atomic E-state index is 11.0. The first-order chi connectivity index (χ1) is 9.60. The molecule has 2 rings (SSSR count). The third-order valence-corrected chi connectivity index (χ3v) is 4.51. The van der Waals surface area contributed by atoms with Crippen molar-refractivity contribution >= 4 is 35.0 Å². The van der Waals surface area contributed by atoms with Crippen molar-refractivity contribution in [3.05, 3.63) is 28.0 Å². The summed E-state index contributed by atoms with van der Waals surface area (Å²) in [5.41, 5.74) is 0. The number of alkyl halides is 1. The molecule has 1 saturated carbocycles. The van der Waals surface area contributed by atoms with E-state index < -0.39 is 0 Å². The molecule has 112 valence electrons. The summed E-state index contributed by atoms with van der Waals surface area (Å²) in [5.74, 6) is 0.230. The van der Waals surface area contributed by atoms with Crippen LogP contribution in [0.25, 0.3) is 6.08 Å². The fourth-order valence-corrected chi connectivity index (χ4v) is 3.27. The van der Waals surface area contributed by atoms with E-state index in [0.717, 1.165) is 24.1 Å². The van der Waals surface area contributed by atoms with Gasteiger partial charge in [0.25, 0.3) is 0 Å². The zero-order chi connectivity index (χ0) is 15.0. The number of methoxy groups -OCH3 is 1. The van der Waals surface area contributed by atoms with Crippen molar-refractivity contribution in [2.45, 2.75) is 31.6 Å². The highest BCUT2D eigenvalue weighted by molar-refractivity contribution is 7.14. The van der Waals surface area contributed by atoms with E-state index in [1.165, 1.54) is 18.4 Å². The van der Waals surface area contributed by atoms with Crippen molar-refractivity contribution in [2.24, 2.45) is 5.92 Å². The molecule has 1 aromatic heterocycles. The van der Waals surface area contributed by atoms with Crippen molar-refractivity contribution in [1.82, 2.24) is 0 Å². The van der Waals surface area contributed by atoms with Gasteiger partial charge in [-0.3, -0.25) is 0 Å². The summed E-state index contributed by atoms with van der Waals surface area (Å²) < 4.78 is 4.58. The fraction of sp³-hybridized carbons (Fsp3) is 0.533. The Hall–Kier alpha value is -0.840. The number of aliphatic hydroxyl groups is 1. The molecule has 1 fully saturated rings. The Balaban J connectivity index is 0.000000217. The lowest BCUT2D eigenvalue weighted by atomic mass is 10.1. The summed E-state index contributed by atoms with van der Waals surface area (Å²) in [6.45, 7) is 2.26. The zero-order valence-corrected chi connectivity index (χ0v) is 13.4. The summed E-state index contributed by atoms with van der Waals surface area (Å²) in [5, 5.41) is 8.97. The highest BCUT2D eigenvalue weighted by Crippen LogP contribution is 2.28. The van der Waals surface area contributed by atoms with E-state index in [9.17, 15) is 4.79 Å². The van der Waals surface area contributed by atoms with Gasteiger partial charge in [-0.25, -0.2) is 4.79 Å². The van der Waals surface area contributed by atoms with Crippen LogP contribution < -0.4 is 0 Å². The minimum absolute atomic E-state index is 0.268. The molecule has 1 aliphatic rings. The Morgan fingerprint density at radius 2 is 2.30 bits per heavy atom. The standard InChI is InChI=1S/C9H10O2S.C6H11ClO/c1-3-4-7-5-6-8(12-7)9(10)11-2;7-6-2-1-5(3-6)4-8/h3-6H,1-2H3;5-6,8H,1-4H2/b4-3+;. The van der Waals surface area contributed by atoms with Gasteiger partial charge < -0.3 is 9.84 Å². The van der Waals surface area contributed by atoms with Crippen molar-refractivity contribution in [2.75, 3.05) is 13.7 Å². The van der Waals surface area contributed by atoms with Gasteiger partial charge in [0, 0.05) is 16.9 Å². The number of ether oxygens (including phenoxy) is 1. The summed E-state index contributed by atoms with van der Waals surface area (Å²) >= 11 is 7.20. The average Bonchev–Trinajstić information content (AvgIpc) is 3.08. The monoisotopic (exact) mass is 316 g/mol. The van der Waals surface area contributed by atoms with Crippen LogP contribution in [0.5, 0.6) is 0 Å². The molecular weight excluding hydrogens is 296 g/mol. The predicted molar refractivity (Wildman–Crippen MR) is 84.4 cm³/mol. The Labute approximate surface area is 129 Å². The molecular formula is C15H21ClO3S. The first-order valence-corrected chi connectivity index (χ1v) is 7.91. The lowest BCUT2D eigenvalue weighted by molar-refractivity contribution is 0.0606. The number of esters is 1. The highest BCUT2D eigenvalue weighted by atomic mass is 35.5. The van der Waals surface area contributed by atoms with E-state index in [0.29, 0.717) is 22.8 Å². The first kappa shape index (κ1) is 17.2. The molecule has 0 spiro atoms. The van der Waals surface area contributed by atoms with Gasteiger partial charge in [0.2, 0.25) is 0 Å². The molecule has 20 heavy (non-hydrogen) atoms. The molecule has 0 amide bonds. The smallest absolute Gasteiger partial charge is 0.348 e. The van der Waals surface area contributed by atoms with Crippen LogP contribution in [0.2, 0.25) is 0 Å². The molecule has 0 radical (unpaired) electrons. The Bertz CT molecular complexity index is 442. The predicted octanol–water partition coefficient (Wildman–Crippen LogP) is 3.95. The maximum Gasteiger partial charge on any atom is 0.348 e. The lowest BCUT2D eigenvalue weighted by Gasteiger charge is -2.00. The van der Waals surface area contributed by atoms with Crippen LogP contribution in [0, 0.1) is 5.92 Å². The molecule has 3 nitrogen and oxygen atoms in total. The second-order valence-electron chi connectivity index (χ2n) is 4.65. The van der Waals surface area contributed by atoms with Crippen molar-refractivity contribution in [3.8, 4) is 0 Å². The number of aliphatic hydroxyl groups excluding tert-OH is 1. The molecule has 0 bridgehead atoms. The first-order valence-electron chi connectivity index (χ1n) is 6.66. The summed E-state index contributed by atoms with van der Waals surface area (Å²) in [4.78, 5) is 12.7. The summed E-state index contributed by atoms with van der Waals surface area (Å²) in [6.07, 6.45) is 7.11. The number of hydrogen-bond acceptors (Lipinski definition) is 4.